The second-order valence-electron chi connectivity index (χ2n) is 8.72. The third-order valence-electron chi connectivity index (χ3n) is 5.25. The number of anilines is 5. The van der Waals surface area contributed by atoms with Crippen LogP contribution in [0, 0.1) is 13.8 Å². The summed E-state index contributed by atoms with van der Waals surface area (Å²) in [7, 11) is -2.01. The SMILES string of the molecule is Cc1ccc(Nc2cc(C)nc(Nc3ccc(NS(=O)(=O)c4cn(C)c(C(C)C)n4)cc3)n2)cc1. The van der Waals surface area contributed by atoms with Crippen LogP contribution in [0.2, 0.25) is 0 Å². The maximum Gasteiger partial charge on any atom is 0.280 e. The van der Waals surface area contributed by atoms with Crippen LogP contribution in [0.3, 0.4) is 0 Å². The van der Waals surface area contributed by atoms with Crippen molar-refractivity contribution in [2.75, 3.05) is 15.4 Å². The molecule has 0 radical (unpaired) electrons. The molecule has 0 saturated heterocycles. The number of hydrogen-bond donors (Lipinski definition) is 3. The molecule has 35 heavy (non-hydrogen) atoms. The first-order valence-electron chi connectivity index (χ1n) is 11.2. The molecular weight excluding hydrogens is 462 g/mol. The molecule has 2 aromatic heterocycles. The molecule has 0 amide bonds. The number of rotatable bonds is 8. The third-order valence-corrected chi connectivity index (χ3v) is 6.51. The molecule has 2 aromatic carbocycles. The predicted molar refractivity (Wildman–Crippen MR) is 139 cm³/mol. The van der Waals surface area contributed by atoms with Crippen molar-refractivity contribution in [3.8, 4) is 0 Å². The molecule has 0 aliphatic carbocycles. The molecular formula is C25H29N7O2S. The number of aromatic nitrogens is 4. The standard InChI is InChI=1S/C25H29N7O2S/c1-16(2)24-30-23(15-32(24)5)35(33,34)31-21-12-10-20(11-13-21)28-25-26-18(4)14-22(29-25)27-19-8-6-17(3)7-9-19/h6-16,31H,1-5H3,(H2,26,27,28,29). The fourth-order valence-electron chi connectivity index (χ4n) is 3.55. The molecule has 0 atom stereocenters. The van der Waals surface area contributed by atoms with Crippen LogP contribution in [0.15, 0.2) is 65.8 Å². The topological polar surface area (TPSA) is 114 Å². The number of hydrogen-bond acceptors (Lipinski definition) is 7. The summed E-state index contributed by atoms with van der Waals surface area (Å²) in [5, 5.41) is 6.45. The lowest BCUT2D eigenvalue weighted by atomic mass is 10.2. The minimum absolute atomic E-state index is 0.00679. The maximum absolute atomic E-state index is 12.8. The van der Waals surface area contributed by atoms with Gasteiger partial charge in [-0.1, -0.05) is 31.5 Å². The Morgan fingerprint density at radius 1 is 0.829 bits per heavy atom. The second kappa shape index (κ2) is 9.75. The highest BCUT2D eigenvalue weighted by molar-refractivity contribution is 7.92. The first kappa shape index (κ1) is 24.2. The minimum atomic E-state index is -3.80. The van der Waals surface area contributed by atoms with Crippen molar-refractivity contribution >= 4 is 38.9 Å². The third kappa shape index (κ3) is 5.96. The van der Waals surface area contributed by atoms with Crippen LogP contribution in [-0.2, 0) is 17.1 Å². The smallest absolute Gasteiger partial charge is 0.280 e. The maximum atomic E-state index is 12.8. The Kier molecular flexibility index (Phi) is 6.74. The Labute approximate surface area is 205 Å². The van der Waals surface area contributed by atoms with E-state index >= 15 is 0 Å². The van der Waals surface area contributed by atoms with Gasteiger partial charge in [0, 0.05) is 48.0 Å². The average Bonchev–Trinajstić information content (AvgIpc) is 3.19. The van der Waals surface area contributed by atoms with E-state index in [2.05, 4.69) is 30.3 Å². The predicted octanol–water partition coefficient (Wildman–Crippen LogP) is 5.24. The molecule has 0 bridgehead atoms. The minimum Gasteiger partial charge on any atom is -0.340 e. The summed E-state index contributed by atoms with van der Waals surface area (Å²) in [5.74, 6) is 1.93. The van der Waals surface area contributed by atoms with Crippen molar-refractivity contribution < 1.29 is 8.42 Å². The van der Waals surface area contributed by atoms with Crippen LogP contribution in [0.5, 0.6) is 0 Å². The number of benzene rings is 2. The van der Waals surface area contributed by atoms with Crippen molar-refractivity contribution in [2.24, 2.45) is 7.05 Å². The summed E-state index contributed by atoms with van der Waals surface area (Å²) in [4.78, 5) is 13.3. The molecule has 2 heterocycles. The van der Waals surface area contributed by atoms with Gasteiger partial charge in [-0.25, -0.2) is 9.97 Å². The van der Waals surface area contributed by atoms with Crippen LogP contribution >= 0.6 is 0 Å². The van der Waals surface area contributed by atoms with E-state index < -0.39 is 10.0 Å². The van der Waals surface area contributed by atoms with Crippen LogP contribution in [-0.4, -0.2) is 27.9 Å². The summed E-state index contributed by atoms with van der Waals surface area (Å²) >= 11 is 0. The van der Waals surface area contributed by atoms with E-state index in [1.54, 1.807) is 35.9 Å². The Balaban J connectivity index is 1.46. The highest BCUT2D eigenvalue weighted by Crippen LogP contribution is 2.23. The summed E-state index contributed by atoms with van der Waals surface area (Å²) in [6.45, 7) is 7.88. The van der Waals surface area contributed by atoms with Gasteiger partial charge in [0.25, 0.3) is 10.0 Å². The molecule has 0 fully saturated rings. The lowest BCUT2D eigenvalue weighted by Gasteiger charge is -2.11. The van der Waals surface area contributed by atoms with Gasteiger partial charge in [0.05, 0.1) is 0 Å². The van der Waals surface area contributed by atoms with Crippen molar-refractivity contribution in [3.05, 3.63) is 77.9 Å². The van der Waals surface area contributed by atoms with Gasteiger partial charge in [-0.2, -0.15) is 13.4 Å². The van der Waals surface area contributed by atoms with Gasteiger partial charge < -0.3 is 15.2 Å². The Bertz CT molecular complexity index is 1430. The summed E-state index contributed by atoms with van der Waals surface area (Å²) < 4.78 is 29.9. The molecule has 9 nitrogen and oxygen atoms in total. The normalized spacial score (nSPS) is 11.5. The Morgan fingerprint density at radius 2 is 1.43 bits per heavy atom. The number of aryl methyl sites for hydroxylation is 3. The van der Waals surface area contributed by atoms with E-state index in [-0.39, 0.29) is 10.9 Å². The molecule has 0 spiro atoms. The zero-order valence-corrected chi connectivity index (χ0v) is 21.2. The van der Waals surface area contributed by atoms with Crippen LogP contribution in [0.25, 0.3) is 0 Å². The summed E-state index contributed by atoms with van der Waals surface area (Å²) in [6.07, 6.45) is 1.52. The fraction of sp³-hybridized carbons (Fsp3) is 0.240. The Hall–Kier alpha value is -3.92. The van der Waals surface area contributed by atoms with Gasteiger partial charge in [-0.3, -0.25) is 4.72 Å². The first-order valence-corrected chi connectivity index (χ1v) is 12.7. The van der Waals surface area contributed by atoms with Crippen LogP contribution < -0.4 is 15.4 Å². The highest BCUT2D eigenvalue weighted by Gasteiger charge is 2.20. The molecule has 0 saturated carbocycles. The number of nitrogens with zero attached hydrogens (tertiary/aromatic N) is 4. The summed E-state index contributed by atoms with van der Waals surface area (Å²) in [5.41, 5.74) is 4.07. The number of nitrogens with one attached hydrogen (secondary N) is 3. The molecule has 3 N–H and O–H groups in total. The average molecular weight is 492 g/mol. The van der Waals surface area contributed by atoms with Gasteiger partial charge in [-0.05, 0) is 50.2 Å². The number of sulfonamides is 1. The first-order chi connectivity index (χ1) is 16.6. The quantitative estimate of drug-likeness (QED) is 0.309. The van der Waals surface area contributed by atoms with E-state index in [9.17, 15) is 8.42 Å². The molecule has 0 aliphatic heterocycles. The van der Waals surface area contributed by atoms with Gasteiger partial charge in [-0.15, -0.1) is 0 Å². The molecule has 4 rings (SSSR count). The van der Waals surface area contributed by atoms with E-state index in [0.29, 0.717) is 23.3 Å². The largest absolute Gasteiger partial charge is 0.340 e. The van der Waals surface area contributed by atoms with Crippen molar-refractivity contribution in [1.29, 1.82) is 0 Å². The van der Waals surface area contributed by atoms with E-state index in [1.807, 2.05) is 58.0 Å². The van der Waals surface area contributed by atoms with Crippen molar-refractivity contribution in [3.63, 3.8) is 0 Å². The van der Waals surface area contributed by atoms with E-state index in [1.165, 1.54) is 11.8 Å². The lowest BCUT2D eigenvalue weighted by Crippen LogP contribution is -2.13. The molecule has 0 aliphatic rings. The molecule has 10 heteroatoms. The monoisotopic (exact) mass is 491 g/mol. The fourth-order valence-corrected chi connectivity index (χ4v) is 4.61. The molecule has 0 unspecified atom stereocenters. The number of imidazole rings is 1. The second-order valence-corrected chi connectivity index (χ2v) is 10.3. The van der Waals surface area contributed by atoms with Gasteiger partial charge in [0.15, 0.2) is 5.03 Å². The lowest BCUT2D eigenvalue weighted by molar-refractivity contribution is 0.597. The zero-order valence-electron chi connectivity index (χ0n) is 20.4. The van der Waals surface area contributed by atoms with Crippen LogP contribution in [0.4, 0.5) is 28.8 Å². The van der Waals surface area contributed by atoms with Gasteiger partial charge in [0.2, 0.25) is 5.95 Å². The van der Waals surface area contributed by atoms with Crippen molar-refractivity contribution in [2.45, 2.75) is 38.6 Å². The highest BCUT2D eigenvalue weighted by atomic mass is 32.2. The van der Waals surface area contributed by atoms with E-state index in [0.717, 1.165) is 17.1 Å². The van der Waals surface area contributed by atoms with Gasteiger partial charge in [0.1, 0.15) is 11.6 Å². The molecule has 182 valence electrons. The van der Waals surface area contributed by atoms with E-state index in [4.69, 9.17) is 0 Å². The van der Waals surface area contributed by atoms with Crippen LogP contribution in [0.1, 0.15) is 36.8 Å². The Morgan fingerprint density at radius 3 is 2.06 bits per heavy atom. The van der Waals surface area contributed by atoms with Gasteiger partial charge >= 0.3 is 0 Å². The zero-order chi connectivity index (χ0) is 25.2. The summed E-state index contributed by atoms with van der Waals surface area (Å²) in [6, 6.07) is 16.8. The van der Waals surface area contributed by atoms with Crippen molar-refractivity contribution in [1.82, 2.24) is 19.5 Å². The molecule has 4 aromatic rings.